The molecular formula is C14H26ClNO3. The van der Waals surface area contributed by atoms with Gasteiger partial charge in [-0.1, -0.05) is 26.7 Å². The molecule has 0 aliphatic rings. The van der Waals surface area contributed by atoms with Crippen LogP contribution >= 0.6 is 11.6 Å². The highest BCUT2D eigenvalue weighted by Gasteiger charge is 2.33. The van der Waals surface area contributed by atoms with E-state index in [9.17, 15) is 9.59 Å². The van der Waals surface area contributed by atoms with Gasteiger partial charge in [0.25, 0.3) is 0 Å². The number of halogens is 1. The largest absolute Gasteiger partial charge is 0.468 e. The molecule has 19 heavy (non-hydrogen) atoms. The number of hydrogen-bond donors (Lipinski definition) is 0. The van der Waals surface area contributed by atoms with Gasteiger partial charge in [0, 0.05) is 12.4 Å². The molecule has 0 aliphatic heterocycles. The molecule has 0 spiro atoms. The van der Waals surface area contributed by atoms with Crippen molar-refractivity contribution in [3.8, 4) is 0 Å². The van der Waals surface area contributed by atoms with Gasteiger partial charge in [0.2, 0.25) is 5.91 Å². The first-order valence-electron chi connectivity index (χ1n) is 6.74. The van der Waals surface area contributed by atoms with E-state index in [1.165, 1.54) is 7.11 Å². The van der Waals surface area contributed by atoms with E-state index in [-0.39, 0.29) is 18.3 Å². The first kappa shape index (κ1) is 18.2. The molecule has 0 heterocycles. The molecular weight excluding hydrogens is 266 g/mol. The first-order valence-corrected chi connectivity index (χ1v) is 7.27. The maximum Gasteiger partial charge on any atom is 0.325 e. The van der Waals surface area contributed by atoms with Crippen LogP contribution in [0.1, 0.15) is 40.5 Å². The van der Waals surface area contributed by atoms with E-state index in [0.29, 0.717) is 12.5 Å². The summed E-state index contributed by atoms with van der Waals surface area (Å²) in [4.78, 5) is 25.5. The Morgan fingerprint density at radius 1 is 1.26 bits per heavy atom. The number of carbonyl (C=O) groups excluding carboxylic acids is 2. The van der Waals surface area contributed by atoms with Crippen LogP contribution in [0.25, 0.3) is 0 Å². The van der Waals surface area contributed by atoms with Gasteiger partial charge in [-0.15, -0.1) is 11.6 Å². The maximum atomic E-state index is 12.4. The lowest BCUT2D eigenvalue weighted by atomic mass is 9.93. The van der Waals surface area contributed by atoms with E-state index in [4.69, 9.17) is 11.6 Å². The fourth-order valence-electron chi connectivity index (χ4n) is 1.78. The zero-order valence-corrected chi connectivity index (χ0v) is 13.4. The normalized spacial score (nSPS) is 11.5. The molecule has 0 fully saturated rings. The quantitative estimate of drug-likeness (QED) is 0.510. The van der Waals surface area contributed by atoms with Crippen molar-refractivity contribution < 1.29 is 14.3 Å². The summed E-state index contributed by atoms with van der Waals surface area (Å²) in [6.07, 6.45) is 1.95. The first-order chi connectivity index (χ1) is 8.82. The van der Waals surface area contributed by atoms with Gasteiger partial charge in [0.05, 0.1) is 12.5 Å². The lowest BCUT2D eigenvalue weighted by Crippen LogP contribution is -2.46. The highest BCUT2D eigenvalue weighted by Crippen LogP contribution is 2.22. The number of hydrogen-bond acceptors (Lipinski definition) is 3. The number of rotatable bonds is 8. The van der Waals surface area contributed by atoms with Crippen molar-refractivity contribution in [2.45, 2.75) is 40.5 Å². The van der Waals surface area contributed by atoms with Crippen LogP contribution in [-0.2, 0) is 14.3 Å². The van der Waals surface area contributed by atoms with Crippen LogP contribution in [-0.4, -0.2) is 42.9 Å². The standard InChI is InChI=1S/C14H26ClNO3/c1-6-11(7-2)8-16(9-12(17)19-5)13(18)14(3,4)10-15/h11H,6-10H2,1-5H3. The van der Waals surface area contributed by atoms with E-state index in [1.807, 2.05) is 0 Å². The average Bonchev–Trinajstić information content (AvgIpc) is 2.42. The van der Waals surface area contributed by atoms with E-state index >= 15 is 0 Å². The molecule has 0 bridgehead atoms. The second kappa shape index (κ2) is 8.41. The van der Waals surface area contributed by atoms with Gasteiger partial charge in [-0.25, -0.2) is 0 Å². The highest BCUT2D eigenvalue weighted by molar-refractivity contribution is 6.19. The third kappa shape index (κ3) is 5.81. The van der Waals surface area contributed by atoms with Crippen molar-refractivity contribution in [1.82, 2.24) is 4.90 Å². The molecule has 0 unspecified atom stereocenters. The van der Waals surface area contributed by atoms with Crippen molar-refractivity contribution in [1.29, 1.82) is 0 Å². The number of nitrogens with zero attached hydrogens (tertiary/aromatic N) is 1. The Bertz CT molecular complexity index is 301. The predicted octanol–water partition coefficient (Wildman–Crippen LogP) is 2.69. The van der Waals surface area contributed by atoms with Crippen molar-refractivity contribution in [3.05, 3.63) is 0 Å². The molecule has 0 aliphatic carbocycles. The summed E-state index contributed by atoms with van der Waals surface area (Å²) in [5, 5.41) is 0. The fourth-order valence-corrected chi connectivity index (χ4v) is 1.90. The van der Waals surface area contributed by atoms with Crippen LogP contribution in [0.2, 0.25) is 0 Å². The Balaban J connectivity index is 4.94. The minimum atomic E-state index is -0.665. The van der Waals surface area contributed by atoms with Crippen LogP contribution < -0.4 is 0 Å². The molecule has 5 heteroatoms. The van der Waals surface area contributed by atoms with Crippen LogP contribution in [0.3, 0.4) is 0 Å². The fraction of sp³-hybridized carbons (Fsp3) is 0.857. The molecule has 0 radical (unpaired) electrons. The summed E-state index contributed by atoms with van der Waals surface area (Å²) < 4.78 is 4.66. The zero-order chi connectivity index (χ0) is 15.1. The summed E-state index contributed by atoms with van der Waals surface area (Å²) in [6.45, 7) is 8.32. The third-order valence-electron chi connectivity index (χ3n) is 3.38. The van der Waals surface area contributed by atoms with E-state index < -0.39 is 11.4 Å². The molecule has 0 N–H and O–H groups in total. The van der Waals surface area contributed by atoms with Gasteiger partial charge >= 0.3 is 5.97 Å². The predicted molar refractivity (Wildman–Crippen MR) is 77.2 cm³/mol. The van der Waals surface area contributed by atoms with Crippen molar-refractivity contribution in [2.75, 3.05) is 26.1 Å². The van der Waals surface area contributed by atoms with Crippen LogP contribution in [0.4, 0.5) is 0 Å². The number of ether oxygens (including phenoxy) is 1. The molecule has 0 atom stereocenters. The molecule has 4 nitrogen and oxygen atoms in total. The number of methoxy groups -OCH3 is 1. The molecule has 112 valence electrons. The monoisotopic (exact) mass is 291 g/mol. The van der Waals surface area contributed by atoms with Crippen LogP contribution in [0.15, 0.2) is 0 Å². The topological polar surface area (TPSA) is 46.6 Å². The van der Waals surface area contributed by atoms with Crippen molar-refractivity contribution in [2.24, 2.45) is 11.3 Å². The lowest BCUT2D eigenvalue weighted by Gasteiger charge is -2.32. The molecule has 0 saturated heterocycles. The summed E-state index contributed by atoms with van der Waals surface area (Å²) in [5.41, 5.74) is -0.665. The maximum absolute atomic E-state index is 12.4. The Hall–Kier alpha value is -0.770. The Kier molecular flexibility index (Phi) is 8.07. The smallest absolute Gasteiger partial charge is 0.325 e. The summed E-state index contributed by atoms with van der Waals surface area (Å²) in [5.74, 6) is 0.121. The van der Waals surface area contributed by atoms with Gasteiger partial charge in [-0.05, 0) is 19.8 Å². The third-order valence-corrected chi connectivity index (χ3v) is 4.05. The minimum absolute atomic E-state index is 0.00779. The molecule has 1 amide bonds. The number of carbonyl (C=O) groups is 2. The van der Waals surface area contributed by atoms with E-state index in [0.717, 1.165) is 12.8 Å². The Labute approximate surface area is 121 Å². The SMILES string of the molecule is CCC(CC)CN(CC(=O)OC)C(=O)C(C)(C)CCl. The number of amides is 1. The highest BCUT2D eigenvalue weighted by atomic mass is 35.5. The number of esters is 1. The summed E-state index contributed by atoms with van der Waals surface area (Å²) in [6, 6.07) is 0. The molecule has 0 aromatic carbocycles. The van der Waals surface area contributed by atoms with Gasteiger partial charge in [0.1, 0.15) is 6.54 Å². The second-order valence-corrected chi connectivity index (χ2v) is 5.73. The molecule has 0 saturated carbocycles. The summed E-state index contributed by atoms with van der Waals surface area (Å²) >= 11 is 5.84. The van der Waals surface area contributed by atoms with Gasteiger partial charge in [-0.2, -0.15) is 0 Å². The summed E-state index contributed by atoms with van der Waals surface area (Å²) in [7, 11) is 1.33. The van der Waals surface area contributed by atoms with Crippen molar-refractivity contribution in [3.63, 3.8) is 0 Å². The van der Waals surface area contributed by atoms with Crippen LogP contribution in [0, 0.1) is 11.3 Å². The average molecular weight is 292 g/mol. The molecule has 0 rings (SSSR count). The van der Waals surface area contributed by atoms with Crippen LogP contribution in [0.5, 0.6) is 0 Å². The molecule has 0 aromatic rings. The van der Waals surface area contributed by atoms with E-state index in [2.05, 4.69) is 18.6 Å². The van der Waals surface area contributed by atoms with Gasteiger partial charge in [-0.3, -0.25) is 9.59 Å². The van der Waals surface area contributed by atoms with Crippen molar-refractivity contribution >= 4 is 23.5 Å². The Morgan fingerprint density at radius 2 is 1.79 bits per heavy atom. The number of alkyl halides is 1. The van der Waals surface area contributed by atoms with E-state index in [1.54, 1.807) is 18.7 Å². The lowest BCUT2D eigenvalue weighted by molar-refractivity contribution is -0.150. The zero-order valence-electron chi connectivity index (χ0n) is 12.7. The second-order valence-electron chi connectivity index (χ2n) is 5.46. The Morgan fingerprint density at radius 3 is 2.16 bits per heavy atom. The van der Waals surface area contributed by atoms with Gasteiger partial charge < -0.3 is 9.64 Å². The van der Waals surface area contributed by atoms with Gasteiger partial charge in [0.15, 0.2) is 0 Å². The molecule has 0 aromatic heterocycles. The minimum Gasteiger partial charge on any atom is -0.468 e.